The zero-order chi connectivity index (χ0) is 9.56. The predicted molar refractivity (Wildman–Crippen MR) is 43.1 cm³/mol. The molecule has 0 atom stereocenters. The van der Waals surface area contributed by atoms with Crippen molar-refractivity contribution in [1.29, 1.82) is 0 Å². The van der Waals surface area contributed by atoms with E-state index in [2.05, 4.69) is 11.3 Å². The fourth-order valence-electron chi connectivity index (χ4n) is 0.488. The molecule has 68 valence electrons. The van der Waals surface area contributed by atoms with Gasteiger partial charge in [-0.3, -0.25) is 4.79 Å². The summed E-state index contributed by atoms with van der Waals surface area (Å²) in [4.78, 5) is 20.9. The standard InChI is InChI=1S/C7H9ClO4/c1-5(4-6(9)10)7(11)12-3-2-8/h1-4H2,(H,9,10). The van der Waals surface area contributed by atoms with Crippen LogP contribution in [0, 0.1) is 0 Å². The van der Waals surface area contributed by atoms with Gasteiger partial charge in [-0.2, -0.15) is 0 Å². The first kappa shape index (κ1) is 11.0. The van der Waals surface area contributed by atoms with Gasteiger partial charge in [0.2, 0.25) is 0 Å². The molecule has 0 aromatic heterocycles. The van der Waals surface area contributed by atoms with Crippen LogP contribution in [0.15, 0.2) is 12.2 Å². The highest BCUT2D eigenvalue weighted by atomic mass is 35.5. The Labute approximate surface area is 74.8 Å². The minimum absolute atomic E-state index is 0.0685. The lowest BCUT2D eigenvalue weighted by Gasteiger charge is -2.02. The molecule has 5 heteroatoms. The molecule has 0 saturated heterocycles. The summed E-state index contributed by atoms with van der Waals surface area (Å²) in [5.74, 6) is -1.63. The zero-order valence-electron chi connectivity index (χ0n) is 6.38. The lowest BCUT2D eigenvalue weighted by molar-refractivity contribution is -0.142. The smallest absolute Gasteiger partial charge is 0.334 e. The first-order valence-corrected chi connectivity index (χ1v) is 3.74. The number of carbonyl (C=O) groups is 2. The molecule has 0 aliphatic carbocycles. The summed E-state index contributed by atoms with van der Waals surface area (Å²) in [5, 5.41) is 8.26. The second-order valence-electron chi connectivity index (χ2n) is 2.00. The van der Waals surface area contributed by atoms with Crippen LogP contribution >= 0.6 is 11.6 Å². The average Bonchev–Trinajstić information content (AvgIpc) is 1.98. The summed E-state index contributed by atoms with van der Waals surface area (Å²) in [6, 6.07) is 0. The van der Waals surface area contributed by atoms with Crippen LogP contribution in [0.2, 0.25) is 0 Å². The van der Waals surface area contributed by atoms with E-state index in [1.165, 1.54) is 0 Å². The second-order valence-corrected chi connectivity index (χ2v) is 2.38. The van der Waals surface area contributed by atoms with Gasteiger partial charge in [-0.1, -0.05) is 6.58 Å². The number of hydrogen-bond donors (Lipinski definition) is 1. The summed E-state index contributed by atoms with van der Waals surface area (Å²) in [6.45, 7) is 3.32. The molecular formula is C7H9ClO4. The fourth-order valence-corrected chi connectivity index (χ4v) is 0.565. The second kappa shape index (κ2) is 5.60. The van der Waals surface area contributed by atoms with E-state index < -0.39 is 18.4 Å². The van der Waals surface area contributed by atoms with Crippen molar-refractivity contribution in [3.05, 3.63) is 12.2 Å². The van der Waals surface area contributed by atoms with E-state index in [-0.39, 0.29) is 18.1 Å². The number of alkyl halides is 1. The number of rotatable bonds is 5. The van der Waals surface area contributed by atoms with E-state index in [4.69, 9.17) is 16.7 Å². The molecule has 0 unspecified atom stereocenters. The van der Waals surface area contributed by atoms with Gasteiger partial charge in [0.1, 0.15) is 6.61 Å². The van der Waals surface area contributed by atoms with E-state index in [0.717, 1.165) is 0 Å². The Hall–Kier alpha value is -1.03. The normalized spacial score (nSPS) is 9.08. The number of halogens is 1. The van der Waals surface area contributed by atoms with Crippen molar-refractivity contribution in [1.82, 2.24) is 0 Å². The van der Waals surface area contributed by atoms with Crippen molar-refractivity contribution in [3.8, 4) is 0 Å². The van der Waals surface area contributed by atoms with Crippen molar-refractivity contribution < 1.29 is 19.4 Å². The van der Waals surface area contributed by atoms with Crippen LogP contribution in [0.1, 0.15) is 6.42 Å². The molecular weight excluding hydrogens is 184 g/mol. The third kappa shape index (κ3) is 4.73. The minimum Gasteiger partial charge on any atom is -0.481 e. The van der Waals surface area contributed by atoms with Crippen molar-refractivity contribution >= 4 is 23.5 Å². The minimum atomic E-state index is -1.11. The topological polar surface area (TPSA) is 63.6 Å². The molecule has 0 aliphatic heterocycles. The Morgan fingerprint density at radius 1 is 1.50 bits per heavy atom. The maximum Gasteiger partial charge on any atom is 0.334 e. The number of ether oxygens (including phenoxy) is 1. The van der Waals surface area contributed by atoms with Crippen LogP contribution in [0.5, 0.6) is 0 Å². The number of esters is 1. The van der Waals surface area contributed by atoms with Crippen LogP contribution in [-0.2, 0) is 14.3 Å². The Balaban J connectivity index is 3.77. The van der Waals surface area contributed by atoms with Gasteiger partial charge in [0.15, 0.2) is 0 Å². The number of carbonyl (C=O) groups excluding carboxylic acids is 1. The van der Waals surface area contributed by atoms with Crippen LogP contribution < -0.4 is 0 Å². The van der Waals surface area contributed by atoms with Gasteiger partial charge in [-0.25, -0.2) is 4.79 Å². The molecule has 0 spiro atoms. The third-order valence-corrected chi connectivity index (χ3v) is 1.12. The van der Waals surface area contributed by atoms with E-state index in [0.29, 0.717) is 0 Å². The van der Waals surface area contributed by atoms with Crippen molar-refractivity contribution in [3.63, 3.8) is 0 Å². The maximum absolute atomic E-state index is 10.8. The summed E-state index contributed by atoms with van der Waals surface area (Å²) in [7, 11) is 0. The van der Waals surface area contributed by atoms with Gasteiger partial charge in [0.25, 0.3) is 0 Å². The SMILES string of the molecule is C=C(CC(=O)O)C(=O)OCCCl. The fraction of sp³-hybridized carbons (Fsp3) is 0.429. The molecule has 0 bridgehead atoms. The van der Waals surface area contributed by atoms with Crippen molar-refractivity contribution in [2.75, 3.05) is 12.5 Å². The number of carboxylic acid groups (broad SMARTS) is 1. The molecule has 0 fully saturated rings. The lowest BCUT2D eigenvalue weighted by atomic mass is 10.2. The van der Waals surface area contributed by atoms with E-state index in [9.17, 15) is 9.59 Å². The van der Waals surface area contributed by atoms with E-state index in [1.807, 2.05) is 0 Å². The zero-order valence-corrected chi connectivity index (χ0v) is 7.13. The lowest BCUT2D eigenvalue weighted by Crippen LogP contribution is -2.11. The number of carboxylic acids is 1. The highest BCUT2D eigenvalue weighted by Crippen LogP contribution is 2.00. The Bertz CT molecular complexity index is 200. The highest BCUT2D eigenvalue weighted by Gasteiger charge is 2.11. The summed E-state index contributed by atoms with van der Waals surface area (Å²) < 4.78 is 4.52. The average molecular weight is 193 g/mol. The summed E-state index contributed by atoms with van der Waals surface area (Å²) in [6.07, 6.45) is -0.402. The first-order valence-electron chi connectivity index (χ1n) is 3.20. The Kier molecular flexibility index (Phi) is 5.12. The molecule has 0 amide bonds. The number of aliphatic carboxylic acids is 1. The van der Waals surface area contributed by atoms with Crippen molar-refractivity contribution in [2.45, 2.75) is 6.42 Å². The summed E-state index contributed by atoms with van der Waals surface area (Å²) >= 11 is 5.23. The van der Waals surface area contributed by atoms with Gasteiger partial charge < -0.3 is 9.84 Å². The van der Waals surface area contributed by atoms with Gasteiger partial charge in [0.05, 0.1) is 12.3 Å². The molecule has 0 saturated carbocycles. The molecule has 0 aromatic rings. The summed E-state index contributed by atoms with van der Waals surface area (Å²) in [5.41, 5.74) is -0.0763. The monoisotopic (exact) mass is 192 g/mol. The molecule has 0 heterocycles. The van der Waals surface area contributed by atoms with Crippen molar-refractivity contribution in [2.24, 2.45) is 0 Å². The van der Waals surface area contributed by atoms with Crippen LogP contribution in [0.3, 0.4) is 0 Å². The Morgan fingerprint density at radius 2 is 2.08 bits per heavy atom. The van der Waals surface area contributed by atoms with Gasteiger partial charge in [-0.05, 0) is 0 Å². The quantitative estimate of drug-likeness (QED) is 0.398. The molecule has 0 aliphatic rings. The Morgan fingerprint density at radius 3 is 2.50 bits per heavy atom. The largest absolute Gasteiger partial charge is 0.481 e. The van der Waals surface area contributed by atoms with Crippen LogP contribution in [0.4, 0.5) is 0 Å². The molecule has 4 nitrogen and oxygen atoms in total. The maximum atomic E-state index is 10.8. The van der Waals surface area contributed by atoms with Crippen LogP contribution in [-0.4, -0.2) is 29.5 Å². The predicted octanol–water partition coefficient (Wildman–Crippen LogP) is 0.799. The molecule has 12 heavy (non-hydrogen) atoms. The molecule has 0 radical (unpaired) electrons. The molecule has 0 rings (SSSR count). The first-order chi connectivity index (χ1) is 5.57. The van der Waals surface area contributed by atoms with E-state index >= 15 is 0 Å². The molecule has 0 aromatic carbocycles. The third-order valence-electron chi connectivity index (χ3n) is 0.964. The van der Waals surface area contributed by atoms with Gasteiger partial charge in [0, 0.05) is 5.57 Å². The van der Waals surface area contributed by atoms with E-state index in [1.54, 1.807) is 0 Å². The number of hydrogen-bond acceptors (Lipinski definition) is 3. The highest BCUT2D eigenvalue weighted by molar-refractivity contribution is 6.18. The van der Waals surface area contributed by atoms with Crippen LogP contribution in [0.25, 0.3) is 0 Å². The molecule has 1 N–H and O–H groups in total. The van der Waals surface area contributed by atoms with Gasteiger partial charge in [-0.15, -0.1) is 11.6 Å². The van der Waals surface area contributed by atoms with Gasteiger partial charge >= 0.3 is 11.9 Å².